The Morgan fingerprint density at radius 2 is 1.74 bits per heavy atom. The Hall–Kier alpha value is -0.643. The van der Waals surface area contributed by atoms with Crippen LogP contribution in [0.5, 0.6) is 0 Å². The first kappa shape index (κ1) is 14.8. The van der Waals surface area contributed by atoms with E-state index in [2.05, 4.69) is 64.2 Å². The summed E-state index contributed by atoms with van der Waals surface area (Å²) >= 11 is 0. The van der Waals surface area contributed by atoms with Gasteiger partial charge in [0.25, 0.3) is 0 Å². The number of ether oxygens (including phenoxy) is 1. The second-order valence-electron chi connectivity index (χ2n) is 7.05. The molecule has 2 rings (SSSR count). The van der Waals surface area contributed by atoms with Crippen molar-refractivity contribution >= 4 is 8.32 Å². The molecule has 2 atom stereocenters. The molecule has 0 heterocycles. The van der Waals surface area contributed by atoms with Gasteiger partial charge >= 0.3 is 0 Å². The first-order chi connectivity index (χ1) is 8.72. The van der Waals surface area contributed by atoms with E-state index in [4.69, 9.17) is 9.16 Å². The summed E-state index contributed by atoms with van der Waals surface area (Å²) < 4.78 is 12.3. The molecular weight excluding hydrogens is 252 g/mol. The monoisotopic (exact) mass is 278 g/mol. The zero-order chi connectivity index (χ0) is 14.3. The third-order valence-corrected chi connectivity index (χ3v) is 9.11. The maximum Gasteiger partial charge on any atom is 0.195 e. The maximum atomic E-state index is 6.53. The van der Waals surface area contributed by atoms with Crippen LogP contribution >= 0.6 is 0 Å². The smallest absolute Gasteiger partial charge is 0.195 e. The van der Waals surface area contributed by atoms with Crippen molar-refractivity contribution in [1.29, 1.82) is 0 Å². The fourth-order valence-corrected chi connectivity index (χ4v) is 3.73. The van der Waals surface area contributed by atoms with Gasteiger partial charge in [-0.25, -0.2) is 0 Å². The molecular formula is C16H26O2Si. The van der Waals surface area contributed by atoms with Crippen LogP contribution in [-0.2, 0) is 9.16 Å². The van der Waals surface area contributed by atoms with Crippen LogP contribution in [-0.4, -0.2) is 21.2 Å². The molecule has 1 saturated carbocycles. The first-order valence-electron chi connectivity index (χ1n) is 7.02. The van der Waals surface area contributed by atoms with Gasteiger partial charge in [-0.05, 0) is 23.7 Å². The van der Waals surface area contributed by atoms with Crippen molar-refractivity contribution in [2.24, 2.45) is 0 Å². The number of rotatable bonds is 4. The number of hydrogen-bond acceptors (Lipinski definition) is 2. The molecule has 0 radical (unpaired) electrons. The molecule has 1 fully saturated rings. The lowest BCUT2D eigenvalue weighted by Crippen LogP contribution is -2.45. The Morgan fingerprint density at radius 3 is 2.21 bits per heavy atom. The van der Waals surface area contributed by atoms with E-state index in [9.17, 15) is 0 Å². The summed E-state index contributed by atoms with van der Waals surface area (Å²) in [4.78, 5) is 0. The molecule has 106 valence electrons. The Kier molecular flexibility index (Phi) is 3.67. The highest BCUT2D eigenvalue weighted by Gasteiger charge is 2.60. The average molecular weight is 278 g/mol. The van der Waals surface area contributed by atoms with Crippen molar-refractivity contribution in [3.8, 4) is 0 Å². The SMILES string of the molecule is CO[C@]1(O[Si](C)(C)C(C)(C)C)C[C@@H]1c1ccccc1. The lowest BCUT2D eigenvalue weighted by atomic mass is 10.1. The number of benzene rings is 1. The van der Waals surface area contributed by atoms with Crippen molar-refractivity contribution in [2.75, 3.05) is 7.11 Å². The highest BCUT2D eigenvalue weighted by molar-refractivity contribution is 6.74. The Labute approximate surface area is 118 Å². The van der Waals surface area contributed by atoms with Crippen molar-refractivity contribution in [1.82, 2.24) is 0 Å². The molecule has 0 unspecified atom stereocenters. The van der Waals surface area contributed by atoms with Crippen molar-refractivity contribution < 1.29 is 9.16 Å². The van der Waals surface area contributed by atoms with E-state index in [-0.39, 0.29) is 10.8 Å². The highest BCUT2D eigenvalue weighted by atomic mass is 28.4. The van der Waals surface area contributed by atoms with E-state index in [1.165, 1.54) is 5.56 Å². The Balaban J connectivity index is 2.16. The summed E-state index contributed by atoms with van der Waals surface area (Å²) in [6, 6.07) is 10.6. The summed E-state index contributed by atoms with van der Waals surface area (Å²) in [5.41, 5.74) is 1.32. The lowest BCUT2D eigenvalue weighted by Gasteiger charge is -2.39. The molecule has 0 saturated heterocycles. The second-order valence-corrected chi connectivity index (χ2v) is 11.8. The molecule has 0 N–H and O–H groups in total. The minimum Gasteiger partial charge on any atom is -0.389 e. The van der Waals surface area contributed by atoms with Crippen LogP contribution in [0.1, 0.15) is 38.7 Å². The van der Waals surface area contributed by atoms with Crippen LogP contribution in [0.25, 0.3) is 0 Å². The second kappa shape index (κ2) is 4.72. The molecule has 0 spiro atoms. The zero-order valence-corrected chi connectivity index (χ0v) is 14.0. The molecule has 1 aromatic carbocycles. The zero-order valence-electron chi connectivity index (χ0n) is 13.0. The van der Waals surface area contributed by atoms with Gasteiger partial charge in [-0.15, -0.1) is 0 Å². The van der Waals surface area contributed by atoms with Gasteiger partial charge in [0.05, 0.1) is 0 Å². The average Bonchev–Trinajstić information content (AvgIpc) is 3.03. The van der Waals surface area contributed by atoms with Crippen molar-refractivity contribution in [2.45, 2.75) is 57.0 Å². The summed E-state index contributed by atoms with van der Waals surface area (Å²) in [7, 11) is -0.0246. The molecule has 1 aliphatic carbocycles. The summed E-state index contributed by atoms with van der Waals surface area (Å²) in [5, 5.41) is 0.211. The van der Waals surface area contributed by atoms with E-state index < -0.39 is 8.32 Å². The first-order valence-corrected chi connectivity index (χ1v) is 9.93. The minimum absolute atomic E-state index is 0.211. The molecule has 0 aromatic heterocycles. The van der Waals surface area contributed by atoms with Gasteiger partial charge in [0.2, 0.25) is 0 Å². The largest absolute Gasteiger partial charge is 0.389 e. The maximum absolute atomic E-state index is 6.53. The van der Waals surface area contributed by atoms with Crippen LogP contribution < -0.4 is 0 Å². The predicted octanol–water partition coefficient (Wildman–Crippen LogP) is 4.54. The van der Waals surface area contributed by atoms with E-state index in [0.717, 1.165) is 6.42 Å². The van der Waals surface area contributed by atoms with E-state index in [0.29, 0.717) is 5.92 Å². The van der Waals surface area contributed by atoms with Gasteiger partial charge in [-0.3, -0.25) is 0 Å². The molecule has 2 nitrogen and oxygen atoms in total. The van der Waals surface area contributed by atoms with Crippen LogP contribution in [0.15, 0.2) is 30.3 Å². The van der Waals surface area contributed by atoms with Gasteiger partial charge in [-0.1, -0.05) is 51.1 Å². The van der Waals surface area contributed by atoms with Gasteiger partial charge in [0.15, 0.2) is 14.1 Å². The van der Waals surface area contributed by atoms with E-state index >= 15 is 0 Å². The summed E-state index contributed by atoms with van der Waals surface area (Å²) in [6.07, 6.45) is 0.972. The number of hydrogen-bond donors (Lipinski definition) is 0. The summed E-state index contributed by atoms with van der Waals surface area (Å²) in [6.45, 7) is 11.4. The quantitative estimate of drug-likeness (QED) is 0.594. The molecule has 0 bridgehead atoms. The van der Waals surface area contributed by atoms with Crippen LogP contribution in [0, 0.1) is 0 Å². The third-order valence-electron chi connectivity index (χ3n) is 4.64. The topological polar surface area (TPSA) is 18.5 Å². The fraction of sp³-hybridized carbons (Fsp3) is 0.625. The van der Waals surface area contributed by atoms with Gasteiger partial charge in [0.1, 0.15) is 0 Å². The molecule has 3 heteroatoms. The van der Waals surface area contributed by atoms with E-state index in [1.807, 2.05) is 0 Å². The van der Waals surface area contributed by atoms with Crippen LogP contribution in [0.4, 0.5) is 0 Å². The highest BCUT2D eigenvalue weighted by Crippen LogP contribution is 2.57. The van der Waals surface area contributed by atoms with Gasteiger partial charge in [-0.2, -0.15) is 0 Å². The normalized spacial score (nSPS) is 27.4. The van der Waals surface area contributed by atoms with Crippen molar-refractivity contribution in [3.05, 3.63) is 35.9 Å². The fourth-order valence-electron chi connectivity index (χ4n) is 2.25. The third kappa shape index (κ3) is 2.78. The molecule has 1 aromatic rings. The number of methoxy groups -OCH3 is 1. The molecule has 19 heavy (non-hydrogen) atoms. The van der Waals surface area contributed by atoms with Crippen LogP contribution in [0.2, 0.25) is 18.1 Å². The lowest BCUT2D eigenvalue weighted by molar-refractivity contribution is -0.0937. The summed E-state index contributed by atoms with van der Waals surface area (Å²) in [5.74, 6) is -0.00232. The standard InChI is InChI=1S/C16H26O2Si/c1-15(2,3)19(5,6)18-16(17-4)12-14(16)13-10-8-7-9-11-13/h7-11,14H,12H2,1-6H3/t14-,16+/m1/s1. The minimum atomic E-state index is -1.80. The van der Waals surface area contributed by atoms with Gasteiger partial charge < -0.3 is 9.16 Å². The van der Waals surface area contributed by atoms with Gasteiger partial charge in [0, 0.05) is 19.4 Å². The predicted molar refractivity (Wildman–Crippen MR) is 81.8 cm³/mol. The van der Waals surface area contributed by atoms with Crippen molar-refractivity contribution in [3.63, 3.8) is 0 Å². The Bertz CT molecular complexity index is 436. The Morgan fingerprint density at radius 1 is 1.16 bits per heavy atom. The molecule has 0 aliphatic heterocycles. The van der Waals surface area contributed by atoms with Crippen LogP contribution in [0.3, 0.4) is 0 Å². The van der Waals surface area contributed by atoms with E-state index in [1.54, 1.807) is 7.11 Å². The molecule has 0 amide bonds. The molecule has 1 aliphatic rings.